The molecule has 0 amide bonds. The first kappa shape index (κ1) is 9.80. The van der Waals surface area contributed by atoms with Crippen LogP contribution in [0.2, 0.25) is 0 Å². The van der Waals surface area contributed by atoms with Gasteiger partial charge in [0.2, 0.25) is 0 Å². The topological polar surface area (TPSA) is 33.2 Å². The highest BCUT2D eigenvalue weighted by molar-refractivity contribution is 5.97. The van der Waals surface area contributed by atoms with Crippen molar-refractivity contribution in [2.24, 2.45) is 0 Å². The lowest BCUT2D eigenvalue weighted by Gasteiger charge is -2.08. The number of halogens is 1. The van der Waals surface area contributed by atoms with Crippen LogP contribution in [-0.2, 0) is 0 Å². The first-order valence-corrected chi connectivity index (χ1v) is 3.88. The fraction of sp³-hybridized carbons (Fsp3) is 0.333. The van der Waals surface area contributed by atoms with Gasteiger partial charge in [0.05, 0.1) is 18.3 Å². The van der Waals surface area contributed by atoms with Crippen molar-refractivity contribution in [2.75, 3.05) is 20.6 Å². The van der Waals surface area contributed by atoms with Crippen LogP contribution in [0, 0.1) is 5.82 Å². The van der Waals surface area contributed by atoms with Gasteiger partial charge in [-0.25, -0.2) is 4.39 Å². The Bertz CT molecular complexity index is 312. The Balaban J connectivity index is 2.83. The predicted octanol–water partition coefficient (Wildman–Crippen LogP) is 0.965. The number of pyridine rings is 1. The maximum absolute atomic E-state index is 13.0. The molecule has 0 spiro atoms. The molecule has 0 fully saturated rings. The van der Waals surface area contributed by atoms with E-state index in [1.54, 1.807) is 19.0 Å². The zero-order chi connectivity index (χ0) is 9.84. The van der Waals surface area contributed by atoms with Gasteiger partial charge in [0.1, 0.15) is 0 Å². The van der Waals surface area contributed by atoms with Crippen LogP contribution in [0.1, 0.15) is 10.4 Å². The molecule has 0 bridgehead atoms. The number of nitrogens with zero attached hydrogens (tertiary/aromatic N) is 2. The molecule has 1 rings (SSSR count). The number of hydrogen-bond acceptors (Lipinski definition) is 3. The van der Waals surface area contributed by atoms with Crippen molar-refractivity contribution in [3.8, 4) is 0 Å². The Morgan fingerprint density at radius 2 is 2.31 bits per heavy atom. The van der Waals surface area contributed by atoms with Gasteiger partial charge < -0.3 is 4.90 Å². The zero-order valence-corrected chi connectivity index (χ0v) is 7.62. The normalized spacial score (nSPS) is 10.5. The van der Waals surface area contributed by atoms with E-state index < -0.39 is 5.82 Å². The number of likely N-dealkylation sites (N-methyl/N-ethyl adjacent to an activating group) is 1. The van der Waals surface area contributed by atoms with Crippen molar-refractivity contribution >= 4 is 5.78 Å². The summed E-state index contributed by atoms with van der Waals surface area (Å²) in [5.74, 6) is -0.792. The summed E-state index contributed by atoms with van der Waals surface area (Å²) >= 11 is 0. The lowest BCUT2D eigenvalue weighted by molar-refractivity contribution is 0.0953. The molecule has 0 aliphatic rings. The zero-order valence-electron chi connectivity index (χ0n) is 7.62. The summed E-state index contributed by atoms with van der Waals surface area (Å²) in [5, 5.41) is 0. The van der Waals surface area contributed by atoms with Gasteiger partial charge in [-0.3, -0.25) is 9.78 Å². The smallest absolute Gasteiger partial charge is 0.179 e. The molecule has 0 atom stereocenters. The highest BCUT2D eigenvalue weighted by Gasteiger charge is 2.11. The summed E-state index contributed by atoms with van der Waals surface area (Å²) in [6, 6.07) is 1.39. The molecular formula is C9H11FN2O. The van der Waals surface area contributed by atoms with E-state index >= 15 is 0 Å². The maximum atomic E-state index is 13.0. The molecule has 0 saturated heterocycles. The Hall–Kier alpha value is -1.29. The van der Waals surface area contributed by atoms with E-state index in [0.717, 1.165) is 6.20 Å². The lowest BCUT2D eigenvalue weighted by atomic mass is 10.1. The third kappa shape index (κ3) is 2.59. The Kier molecular flexibility index (Phi) is 3.08. The molecule has 4 heteroatoms. The molecule has 1 aromatic heterocycles. The number of rotatable bonds is 3. The van der Waals surface area contributed by atoms with Gasteiger partial charge in [-0.1, -0.05) is 0 Å². The number of aromatic nitrogens is 1. The second-order valence-electron chi connectivity index (χ2n) is 3.02. The Morgan fingerprint density at radius 1 is 1.62 bits per heavy atom. The van der Waals surface area contributed by atoms with Crippen LogP contribution in [-0.4, -0.2) is 36.3 Å². The van der Waals surface area contributed by atoms with Crippen molar-refractivity contribution in [2.45, 2.75) is 0 Å². The van der Waals surface area contributed by atoms with Gasteiger partial charge in [0, 0.05) is 6.20 Å². The van der Waals surface area contributed by atoms with Crippen LogP contribution in [0.5, 0.6) is 0 Å². The van der Waals surface area contributed by atoms with E-state index in [-0.39, 0.29) is 17.9 Å². The monoisotopic (exact) mass is 182 g/mol. The van der Waals surface area contributed by atoms with Crippen LogP contribution in [0.15, 0.2) is 18.5 Å². The minimum Gasteiger partial charge on any atom is -0.302 e. The summed E-state index contributed by atoms with van der Waals surface area (Å²) in [7, 11) is 3.52. The number of carbonyl (C=O) groups excluding carboxylic acids is 1. The third-order valence-corrected chi connectivity index (χ3v) is 1.53. The molecule has 1 aromatic rings. The maximum Gasteiger partial charge on any atom is 0.179 e. The van der Waals surface area contributed by atoms with Gasteiger partial charge in [0.15, 0.2) is 11.6 Å². The molecule has 0 aliphatic carbocycles. The summed E-state index contributed by atoms with van der Waals surface area (Å²) in [5.41, 5.74) is 0.101. The number of hydrogen-bond donors (Lipinski definition) is 0. The van der Waals surface area contributed by atoms with Crippen molar-refractivity contribution in [3.05, 3.63) is 29.8 Å². The van der Waals surface area contributed by atoms with E-state index in [4.69, 9.17) is 0 Å². The Morgan fingerprint density at radius 3 is 2.85 bits per heavy atom. The van der Waals surface area contributed by atoms with Crippen molar-refractivity contribution in [1.82, 2.24) is 9.88 Å². The molecule has 0 radical (unpaired) electrons. The van der Waals surface area contributed by atoms with Gasteiger partial charge in [-0.05, 0) is 20.2 Å². The fourth-order valence-corrected chi connectivity index (χ4v) is 0.974. The summed E-state index contributed by atoms with van der Waals surface area (Å²) < 4.78 is 13.0. The molecule has 0 unspecified atom stereocenters. The van der Waals surface area contributed by atoms with Crippen LogP contribution in [0.25, 0.3) is 0 Å². The van der Waals surface area contributed by atoms with Gasteiger partial charge >= 0.3 is 0 Å². The Labute approximate surface area is 76.2 Å². The van der Waals surface area contributed by atoms with E-state index in [9.17, 15) is 9.18 Å². The largest absolute Gasteiger partial charge is 0.302 e. The van der Waals surface area contributed by atoms with E-state index in [0.29, 0.717) is 0 Å². The van der Waals surface area contributed by atoms with Crippen molar-refractivity contribution in [3.63, 3.8) is 0 Å². The lowest BCUT2D eigenvalue weighted by Crippen LogP contribution is -2.22. The van der Waals surface area contributed by atoms with Gasteiger partial charge in [0.25, 0.3) is 0 Å². The predicted molar refractivity (Wildman–Crippen MR) is 47.1 cm³/mol. The van der Waals surface area contributed by atoms with Crippen molar-refractivity contribution < 1.29 is 9.18 Å². The molecule has 3 nitrogen and oxygen atoms in total. The average Bonchev–Trinajstić information content (AvgIpc) is 2.03. The molecule has 0 saturated carbocycles. The van der Waals surface area contributed by atoms with E-state index in [1.165, 1.54) is 12.3 Å². The third-order valence-electron chi connectivity index (χ3n) is 1.53. The average molecular weight is 182 g/mol. The molecule has 0 aliphatic heterocycles. The highest BCUT2D eigenvalue weighted by Crippen LogP contribution is 2.05. The van der Waals surface area contributed by atoms with E-state index in [1.807, 2.05) is 0 Å². The fourth-order valence-electron chi connectivity index (χ4n) is 0.974. The molecule has 0 N–H and O–H groups in total. The van der Waals surface area contributed by atoms with Gasteiger partial charge in [-0.2, -0.15) is 0 Å². The van der Waals surface area contributed by atoms with Crippen LogP contribution in [0.3, 0.4) is 0 Å². The van der Waals surface area contributed by atoms with Crippen molar-refractivity contribution in [1.29, 1.82) is 0 Å². The second kappa shape index (κ2) is 4.09. The molecule has 13 heavy (non-hydrogen) atoms. The number of carbonyl (C=O) groups is 1. The van der Waals surface area contributed by atoms with Crippen LogP contribution >= 0.6 is 0 Å². The van der Waals surface area contributed by atoms with Gasteiger partial charge in [-0.15, -0.1) is 0 Å². The first-order chi connectivity index (χ1) is 6.11. The molecular weight excluding hydrogens is 171 g/mol. The molecule has 0 aromatic carbocycles. The minimum atomic E-state index is -0.561. The molecule has 70 valence electrons. The quantitative estimate of drug-likeness (QED) is 0.653. The number of Topliss-reactive ketones (excluding diaryl/α,β-unsaturated/α-hetero) is 1. The minimum absolute atomic E-state index is 0.101. The van der Waals surface area contributed by atoms with Crippen LogP contribution in [0.4, 0.5) is 4.39 Å². The SMILES string of the molecule is CN(C)CC(=O)c1ccncc1F. The summed E-state index contributed by atoms with van der Waals surface area (Å²) in [6.45, 7) is 0.209. The second-order valence-corrected chi connectivity index (χ2v) is 3.02. The highest BCUT2D eigenvalue weighted by atomic mass is 19.1. The molecule has 1 heterocycles. The standard InChI is InChI=1S/C9H11FN2O/c1-12(2)6-9(13)7-3-4-11-5-8(7)10/h3-5H,6H2,1-2H3. The van der Waals surface area contributed by atoms with Crippen LogP contribution < -0.4 is 0 Å². The summed E-state index contributed by atoms with van der Waals surface area (Å²) in [6.07, 6.45) is 2.45. The first-order valence-electron chi connectivity index (χ1n) is 3.88. The number of ketones is 1. The summed E-state index contributed by atoms with van der Waals surface area (Å²) in [4.78, 5) is 16.6. The van der Waals surface area contributed by atoms with E-state index in [2.05, 4.69) is 4.98 Å².